The molecule has 0 fully saturated rings. The summed E-state index contributed by atoms with van der Waals surface area (Å²) < 4.78 is 0. The molecule has 6 nitrogen and oxygen atoms in total. The molecular weight excluding hydrogens is 240 g/mol. The van der Waals surface area contributed by atoms with Crippen molar-refractivity contribution < 1.29 is 0 Å². The van der Waals surface area contributed by atoms with Crippen LogP contribution in [0, 0.1) is 0 Å². The molecule has 0 amide bonds. The Balaban J connectivity index is 1.91. The summed E-state index contributed by atoms with van der Waals surface area (Å²) >= 11 is 0. The summed E-state index contributed by atoms with van der Waals surface area (Å²) in [6.45, 7) is 0.520. The van der Waals surface area contributed by atoms with Crippen LogP contribution >= 0.6 is 0 Å². The quantitative estimate of drug-likeness (QED) is 0.542. The molecule has 0 aliphatic rings. The van der Waals surface area contributed by atoms with Gasteiger partial charge in [-0.15, -0.1) is 0 Å². The molecule has 0 aliphatic heterocycles. The Hall–Kier alpha value is -2.76. The second kappa shape index (κ2) is 4.85. The highest BCUT2D eigenvalue weighted by Gasteiger charge is 2.08. The number of rotatable bonds is 3. The van der Waals surface area contributed by atoms with E-state index in [4.69, 9.17) is 5.73 Å². The molecule has 3 rings (SSSR count). The van der Waals surface area contributed by atoms with E-state index < -0.39 is 0 Å². The number of nitrogens with one attached hydrogen (secondary N) is 1. The Morgan fingerprint density at radius 2 is 2.00 bits per heavy atom. The number of fused-ring (bicyclic) bond motifs is 1. The van der Waals surface area contributed by atoms with E-state index in [0.29, 0.717) is 29.2 Å². The highest BCUT2D eigenvalue weighted by molar-refractivity contribution is 6.04. The number of benzene rings is 1. The lowest BCUT2D eigenvalue weighted by Crippen LogP contribution is -2.16. The second-order valence-corrected chi connectivity index (χ2v) is 4.01. The van der Waals surface area contributed by atoms with E-state index in [1.165, 1.54) is 6.33 Å². The predicted molar refractivity (Wildman–Crippen MR) is 72.6 cm³/mol. The maximum Gasteiger partial charge on any atom is 0.181 e. The smallest absolute Gasteiger partial charge is 0.181 e. The molecular formula is C13H12N6. The van der Waals surface area contributed by atoms with Gasteiger partial charge >= 0.3 is 0 Å². The van der Waals surface area contributed by atoms with Crippen LogP contribution in [0.4, 0.5) is 0 Å². The second-order valence-electron chi connectivity index (χ2n) is 4.01. The van der Waals surface area contributed by atoms with Gasteiger partial charge < -0.3 is 10.7 Å². The van der Waals surface area contributed by atoms with Crippen molar-refractivity contribution in [3.63, 3.8) is 0 Å². The van der Waals surface area contributed by atoms with E-state index in [1.807, 2.05) is 30.3 Å². The Bertz CT molecular complexity index is 716. The molecule has 2 heterocycles. The largest absolute Gasteiger partial charge is 0.382 e. The third kappa shape index (κ3) is 2.28. The summed E-state index contributed by atoms with van der Waals surface area (Å²) in [5, 5.41) is 0. The first-order valence-electron chi connectivity index (χ1n) is 5.83. The molecule has 6 heteroatoms. The van der Waals surface area contributed by atoms with Gasteiger partial charge in [0.1, 0.15) is 23.4 Å². The fourth-order valence-corrected chi connectivity index (χ4v) is 1.79. The Kier molecular flexibility index (Phi) is 2.89. The molecule has 0 saturated carbocycles. The highest BCUT2D eigenvalue weighted by atomic mass is 15.0. The lowest BCUT2D eigenvalue weighted by Gasteiger charge is -2.01. The summed E-state index contributed by atoms with van der Waals surface area (Å²) in [7, 11) is 0. The molecule has 0 saturated heterocycles. The average molecular weight is 252 g/mol. The first kappa shape index (κ1) is 11.3. The average Bonchev–Trinajstić information content (AvgIpc) is 2.94. The van der Waals surface area contributed by atoms with Crippen molar-refractivity contribution in [2.75, 3.05) is 0 Å². The van der Waals surface area contributed by atoms with Crippen molar-refractivity contribution in [1.29, 1.82) is 0 Å². The SMILES string of the molecule is NC(=NCc1ccccc1)c1ncnc2nc[nH]c12. The number of hydrogen-bond donors (Lipinski definition) is 2. The lowest BCUT2D eigenvalue weighted by atomic mass is 10.2. The zero-order valence-electron chi connectivity index (χ0n) is 10.1. The number of aliphatic imine (C=N–C) groups is 1. The molecule has 3 N–H and O–H groups in total. The number of nitrogens with zero attached hydrogens (tertiary/aromatic N) is 4. The van der Waals surface area contributed by atoms with Crippen molar-refractivity contribution in [1.82, 2.24) is 19.9 Å². The topological polar surface area (TPSA) is 92.8 Å². The number of H-pyrrole nitrogens is 1. The molecule has 19 heavy (non-hydrogen) atoms. The van der Waals surface area contributed by atoms with Crippen LogP contribution in [0.1, 0.15) is 11.3 Å². The van der Waals surface area contributed by atoms with Crippen LogP contribution in [0.3, 0.4) is 0 Å². The van der Waals surface area contributed by atoms with Gasteiger partial charge in [-0.25, -0.2) is 15.0 Å². The zero-order valence-corrected chi connectivity index (χ0v) is 10.1. The number of hydrogen-bond acceptors (Lipinski definition) is 4. The van der Waals surface area contributed by atoms with Crippen LogP contribution in [-0.2, 0) is 6.54 Å². The summed E-state index contributed by atoms with van der Waals surface area (Å²) in [5.41, 5.74) is 8.95. The van der Waals surface area contributed by atoms with E-state index in [0.717, 1.165) is 5.56 Å². The highest BCUT2D eigenvalue weighted by Crippen LogP contribution is 2.09. The maximum atomic E-state index is 5.98. The number of imidazole rings is 1. The van der Waals surface area contributed by atoms with Gasteiger partial charge in [0.25, 0.3) is 0 Å². The van der Waals surface area contributed by atoms with Gasteiger partial charge in [0.2, 0.25) is 0 Å². The summed E-state index contributed by atoms with van der Waals surface area (Å²) in [6.07, 6.45) is 3.00. The van der Waals surface area contributed by atoms with Gasteiger partial charge in [-0.1, -0.05) is 30.3 Å². The molecule has 2 aromatic heterocycles. The minimum atomic E-state index is 0.375. The molecule has 94 valence electrons. The first-order valence-corrected chi connectivity index (χ1v) is 5.83. The number of aromatic amines is 1. The van der Waals surface area contributed by atoms with Crippen LogP contribution in [0.2, 0.25) is 0 Å². The molecule has 0 aliphatic carbocycles. The van der Waals surface area contributed by atoms with E-state index in [2.05, 4.69) is 24.9 Å². The zero-order chi connectivity index (χ0) is 13.1. The number of nitrogens with two attached hydrogens (primary N) is 1. The molecule has 0 bridgehead atoms. The van der Waals surface area contributed by atoms with Crippen LogP contribution in [-0.4, -0.2) is 25.8 Å². The first-order chi connectivity index (χ1) is 9.34. The van der Waals surface area contributed by atoms with Crippen molar-refractivity contribution >= 4 is 17.0 Å². The number of aromatic nitrogens is 4. The molecule has 3 aromatic rings. The monoisotopic (exact) mass is 252 g/mol. The standard InChI is InChI=1S/C13H12N6/c14-12(15-6-9-4-2-1-3-5-9)10-11-13(18-7-16-10)19-8-17-11/h1-5,7-8H,6H2,(H2,14,15)(H,16,17,18,19). The van der Waals surface area contributed by atoms with Crippen LogP contribution in [0.5, 0.6) is 0 Å². The molecule has 0 atom stereocenters. The Morgan fingerprint density at radius 1 is 1.16 bits per heavy atom. The fourth-order valence-electron chi connectivity index (χ4n) is 1.79. The van der Waals surface area contributed by atoms with Crippen molar-refractivity contribution in [2.24, 2.45) is 10.7 Å². The predicted octanol–water partition coefficient (Wildman–Crippen LogP) is 1.26. The van der Waals surface area contributed by atoms with Crippen LogP contribution < -0.4 is 5.73 Å². The van der Waals surface area contributed by atoms with E-state index in [1.54, 1.807) is 6.33 Å². The van der Waals surface area contributed by atoms with Crippen molar-refractivity contribution in [2.45, 2.75) is 6.54 Å². The fraction of sp³-hybridized carbons (Fsp3) is 0.0769. The minimum absolute atomic E-state index is 0.375. The van der Waals surface area contributed by atoms with Gasteiger partial charge in [0.15, 0.2) is 5.65 Å². The minimum Gasteiger partial charge on any atom is -0.382 e. The normalized spacial score (nSPS) is 11.9. The van der Waals surface area contributed by atoms with Gasteiger partial charge in [-0.05, 0) is 5.56 Å². The van der Waals surface area contributed by atoms with Crippen molar-refractivity contribution in [3.8, 4) is 0 Å². The Morgan fingerprint density at radius 3 is 2.84 bits per heavy atom. The van der Waals surface area contributed by atoms with E-state index in [-0.39, 0.29) is 0 Å². The van der Waals surface area contributed by atoms with Crippen molar-refractivity contribution in [3.05, 3.63) is 54.2 Å². The summed E-state index contributed by atoms with van der Waals surface area (Å²) in [5.74, 6) is 0.375. The molecule has 0 spiro atoms. The van der Waals surface area contributed by atoms with E-state index >= 15 is 0 Å². The van der Waals surface area contributed by atoms with Gasteiger partial charge in [0, 0.05) is 0 Å². The maximum absolute atomic E-state index is 5.98. The van der Waals surface area contributed by atoms with Crippen LogP contribution in [0.25, 0.3) is 11.2 Å². The van der Waals surface area contributed by atoms with Gasteiger partial charge in [0.05, 0.1) is 12.9 Å². The van der Waals surface area contributed by atoms with Crippen LogP contribution in [0.15, 0.2) is 48.0 Å². The van der Waals surface area contributed by atoms with E-state index in [9.17, 15) is 0 Å². The molecule has 1 aromatic carbocycles. The third-order valence-electron chi connectivity index (χ3n) is 2.74. The third-order valence-corrected chi connectivity index (χ3v) is 2.74. The lowest BCUT2D eigenvalue weighted by molar-refractivity contribution is 1.05. The van der Waals surface area contributed by atoms with Gasteiger partial charge in [-0.2, -0.15) is 0 Å². The Labute approximate surface area is 109 Å². The summed E-state index contributed by atoms with van der Waals surface area (Å²) in [4.78, 5) is 19.6. The van der Waals surface area contributed by atoms with Gasteiger partial charge in [-0.3, -0.25) is 4.99 Å². The molecule has 0 radical (unpaired) electrons. The summed E-state index contributed by atoms with van der Waals surface area (Å²) in [6, 6.07) is 9.91. The molecule has 0 unspecified atom stereocenters. The number of amidine groups is 1.